The van der Waals surface area contributed by atoms with E-state index in [2.05, 4.69) is 9.72 Å². The molecule has 72 valence electrons. The minimum absolute atomic E-state index is 0.449. The lowest BCUT2D eigenvalue weighted by molar-refractivity contribution is -0.142. The van der Waals surface area contributed by atoms with Crippen LogP contribution >= 0.6 is 0 Å². The van der Waals surface area contributed by atoms with Crippen molar-refractivity contribution in [2.24, 2.45) is 5.73 Å². The van der Waals surface area contributed by atoms with Crippen LogP contribution < -0.4 is 5.73 Å². The zero-order valence-electron chi connectivity index (χ0n) is 7.73. The molecule has 0 amide bonds. The molecule has 13 heavy (non-hydrogen) atoms. The van der Waals surface area contributed by atoms with Crippen molar-refractivity contribution >= 4 is 5.97 Å². The van der Waals surface area contributed by atoms with Gasteiger partial charge in [-0.05, 0) is 6.92 Å². The molecule has 0 aromatic carbocycles. The maximum atomic E-state index is 11.1. The molecule has 5 nitrogen and oxygen atoms in total. The van der Waals surface area contributed by atoms with Crippen molar-refractivity contribution in [2.75, 3.05) is 7.11 Å². The summed E-state index contributed by atoms with van der Waals surface area (Å²) in [6.45, 7) is 2.69. The Morgan fingerprint density at radius 3 is 3.08 bits per heavy atom. The van der Waals surface area contributed by atoms with E-state index in [-0.39, 0.29) is 0 Å². The van der Waals surface area contributed by atoms with Crippen molar-refractivity contribution in [2.45, 2.75) is 19.5 Å². The Morgan fingerprint density at radius 2 is 2.54 bits per heavy atom. The highest BCUT2D eigenvalue weighted by molar-refractivity contribution is 5.76. The summed E-state index contributed by atoms with van der Waals surface area (Å²) in [7, 11) is 1.31. The zero-order valence-corrected chi connectivity index (χ0v) is 7.73. The van der Waals surface area contributed by atoms with Gasteiger partial charge in [0, 0.05) is 6.54 Å². The van der Waals surface area contributed by atoms with Gasteiger partial charge in [0.15, 0.2) is 0 Å². The molecule has 0 bridgehead atoms. The highest BCUT2D eigenvalue weighted by Gasteiger charge is 2.19. The molecule has 1 aromatic heterocycles. The van der Waals surface area contributed by atoms with Gasteiger partial charge in [-0.3, -0.25) is 0 Å². The zero-order chi connectivity index (χ0) is 9.84. The number of rotatable bonds is 3. The molecule has 0 aliphatic carbocycles. The number of carbonyl (C=O) groups excluding carboxylic acids is 1. The lowest BCUT2D eigenvalue weighted by Gasteiger charge is -2.10. The number of methoxy groups -OCH3 is 1. The Kier molecular flexibility index (Phi) is 3.02. The number of nitrogens with two attached hydrogens (primary N) is 1. The average molecular weight is 183 g/mol. The molecule has 1 heterocycles. The summed E-state index contributed by atoms with van der Waals surface area (Å²) in [5, 5.41) is 0. The topological polar surface area (TPSA) is 70.1 Å². The lowest BCUT2D eigenvalue weighted by Crippen LogP contribution is -2.25. The predicted octanol–water partition coefficient (Wildman–Crippen LogP) is 0.0758. The first-order valence-corrected chi connectivity index (χ1v) is 4.04. The van der Waals surface area contributed by atoms with E-state index >= 15 is 0 Å². The summed E-state index contributed by atoms with van der Waals surface area (Å²) in [5.74, 6) is -0.449. The fraction of sp³-hybridized carbons (Fsp3) is 0.500. The van der Waals surface area contributed by atoms with Gasteiger partial charge in [-0.1, -0.05) is 0 Å². The molecule has 0 saturated carbocycles. The SMILES string of the molecule is CCn1cncc1C(N)C(=O)OC. The van der Waals surface area contributed by atoms with Crippen LogP contribution in [0.5, 0.6) is 0 Å². The maximum Gasteiger partial charge on any atom is 0.328 e. The Hall–Kier alpha value is -1.36. The van der Waals surface area contributed by atoms with E-state index in [4.69, 9.17) is 5.73 Å². The molecule has 1 aromatic rings. The Bertz CT molecular complexity index is 295. The van der Waals surface area contributed by atoms with Crippen molar-refractivity contribution in [3.8, 4) is 0 Å². The van der Waals surface area contributed by atoms with Gasteiger partial charge < -0.3 is 15.0 Å². The van der Waals surface area contributed by atoms with E-state index < -0.39 is 12.0 Å². The minimum Gasteiger partial charge on any atom is -0.468 e. The van der Waals surface area contributed by atoms with E-state index in [0.29, 0.717) is 5.69 Å². The van der Waals surface area contributed by atoms with E-state index in [0.717, 1.165) is 6.54 Å². The molecule has 5 heteroatoms. The molecule has 0 fully saturated rings. The number of imidazole rings is 1. The molecule has 0 spiro atoms. The van der Waals surface area contributed by atoms with Crippen LogP contribution in [0.3, 0.4) is 0 Å². The van der Waals surface area contributed by atoms with Crippen LogP contribution in [0.4, 0.5) is 0 Å². The maximum absolute atomic E-state index is 11.1. The van der Waals surface area contributed by atoms with Gasteiger partial charge in [0.25, 0.3) is 0 Å². The van der Waals surface area contributed by atoms with Gasteiger partial charge in [-0.15, -0.1) is 0 Å². The first-order valence-electron chi connectivity index (χ1n) is 4.04. The van der Waals surface area contributed by atoms with Gasteiger partial charge in [0.2, 0.25) is 0 Å². The first kappa shape index (κ1) is 9.73. The Balaban J connectivity index is 2.87. The van der Waals surface area contributed by atoms with Gasteiger partial charge in [0.05, 0.1) is 25.3 Å². The average Bonchev–Trinajstić information content (AvgIpc) is 2.62. The second-order valence-electron chi connectivity index (χ2n) is 2.61. The molecule has 1 rings (SSSR count). The Morgan fingerprint density at radius 1 is 1.85 bits per heavy atom. The molecule has 2 N–H and O–H groups in total. The highest BCUT2D eigenvalue weighted by atomic mass is 16.5. The molecule has 1 atom stereocenters. The lowest BCUT2D eigenvalue weighted by atomic mass is 10.2. The number of ether oxygens (including phenoxy) is 1. The minimum atomic E-state index is -0.743. The van der Waals surface area contributed by atoms with E-state index in [1.54, 1.807) is 12.5 Å². The molecular weight excluding hydrogens is 170 g/mol. The van der Waals surface area contributed by atoms with Gasteiger partial charge in [0.1, 0.15) is 6.04 Å². The number of hydrogen-bond donors (Lipinski definition) is 1. The predicted molar refractivity (Wildman–Crippen MR) is 46.8 cm³/mol. The number of nitrogens with zero attached hydrogens (tertiary/aromatic N) is 2. The fourth-order valence-corrected chi connectivity index (χ4v) is 1.10. The highest BCUT2D eigenvalue weighted by Crippen LogP contribution is 2.10. The quantitative estimate of drug-likeness (QED) is 0.673. The summed E-state index contributed by atoms with van der Waals surface area (Å²) < 4.78 is 6.34. The first-order chi connectivity index (χ1) is 6.20. The third-order valence-corrected chi connectivity index (χ3v) is 1.86. The van der Waals surface area contributed by atoms with Crippen molar-refractivity contribution in [3.05, 3.63) is 18.2 Å². The third-order valence-electron chi connectivity index (χ3n) is 1.86. The van der Waals surface area contributed by atoms with E-state index in [1.165, 1.54) is 7.11 Å². The summed E-state index contributed by atoms with van der Waals surface area (Å²) >= 11 is 0. The second kappa shape index (κ2) is 4.04. The van der Waals surface area contributed by atoms with Crippen LogP contribution in [-0.2, 0) is 16.1 Å². The van der Waals surface area contributed by atoms with Crippen LogP contribution in [0.2, 0.25) is 0 Å². The van der Waals surface area contributed by atoms with Gasteiger partial charge in [-0.25, -0.2) is 9.78 Å². The van der Waals surface area contributed by atoms with Gasteiger partial charge >= 0.3 is 5.97 Å². The largest absolute Gasteiger partial charge is 0.468 e. The summed E-state index contributed by atoms with van der Waals surface area (Å²) in [6.07, 6.45) is 3.21. The van der Waals surface area contributed by atoms with Crippen LogP contribution in [0.25, 0.3) is 0 Å². The molecule has 0 aliphatic rings. The second-order valence-corrected chi connectivity index (χ2v) is 2.61. The summed E-state index contributed by atoms with van der Waals surface area (Å²) in [6, 6.07) is -0.743. The summed E-state index contributed by atoms with van der Waals surface area (Å²) in [4.78, 5) is 15.0. The van der Waals surface area contributed by atoms with Crippen LogP contribution in [0, 0.1) is 0 Å². The normalized spacial score (nSPS) is 12.5. The molecular formula is C8H13N3O2. The van der Waals surface area contributed by atoms with Crippen LogP contribution in [-0.4, -0.2) is 22.6 Å². The molecule has 0 aliphatic heterocycles. The Labute approximate surface area is 76.5 Å². The van der Waals surface area contributed by atoms with Crippen molar-refractivity contribution < 1.29 is 9.53 Å². The smallest absolute Gasteiger partial charge is 0.328 e. The third kappa shape index (κ3) is 1.86. The van der Waals surface area contributed by atoms with Crippen LogP contribution in [0.15, 0.2) is 12.5 Å². The molecule has 1 unspecified atom stereocenters. The number of aromatic nitrogens is 2. The number of esters is 1. The van der Waals surface area contributed by atoms with E-state index in [9.17, 15) is 4.79 Å². The van der Waals surface area contributed by atoms with Crippen molar-refractivity contribution in [1.29, 1.82) is 0 Å². The molecule has 0 saturated heterocycles. The van der Waals surface area contributed by atoms with Crippen molar-refractivity contribution in [1.82, 2.24) is 9.55 Å². The number of hydrogen-bond acceptors (Lipinski definition) is 4. The van der Waals surface area contributed by atoms with Crippen LogP contribution in [0.1, 0.15) is 18.7 Å². The monoisotopic (exact) mass is 183 g/mol. The number of carbonyl (C=O) groups is 1. The molecule has 0 radical (unpaired) electrons. The van der Waals surface area contributed by atoms with E-state index in [1.807, 2.05) is 11.5 Å². The standard InChI is InChI=1S/C8H13N3O2/c1-3-11-5-10-4-6(11)7(9)8(12)13-2/h4-5,7H,3,9H2,1-2H3. The van der Waals surface area contributed by atoms with Crippen molar-refractivity contribution in [3.63, 3.8) is 0 Å². The number of aryl methyl sites for hydroxylation is 1. The van der Waals surface area contributed by atoms with Gasteiger partial charge in [-0.2, -0.15) is 0 Å². The fourth-order valence-electron chi connectivity index (χ4n) is 1.10. The summed E-state index contributed by atoms with van der Waals surface area (Å²) in [5.41, 5.74) is 6.31.